The molecule has 23 heavy (non-hydrogen) atoms. The molecule has 1 aliphatic heterocycles. The van der Waals surface area contributed by atoms with Gasteiger partial charge in [-0.3, -0.25) is 0 Å². The molecule has 1 saturated heterocycles. The summed E-state index contributed by atoms with van der Waals surface area (Å²) in [6, 6.07) is 4.70. The minimum atomic E-state index is -0.275. The van der Waals surface area contributed by atoms with E-state index in [-0.39, 0.29) is 12.1 Å². The summed E-state index contributed by atoms with van der Waals surface area (Å²) in [7, 11) is 0. The molecule has 1 aromatic carbocycles. The Hall–Kier alpha value is -1.01. The summed E-state index contributed by atoms with van der Waals surface area (Å²) < 4.78 is 5.72. The van der Waals surface area contributed by atoms with Gasteiger partial charge in [0.15, 0.2) is 0 Å². The summed E-state index contributed by atoms with van der Waals surface area (Å²) >= 11 is 11.8. The zero-order valence-electron chi connectivity index (χ0n) is 13.5. The number of urea groups is 1. The molecule has 7 heteroatoms. The summed E-state index contributed by atoms with van der Waals surface area (Å²) in [6.45, 7) is 8.77. The number of halogens is 2. The van der Waals surface area contributed by atoms with Gasteiger partial charge in [0, 0.05) is 11.6 Å². The number of nitrogens with one attached hydrogen (secondary N) is 3. The van der Waals surface area contributed by atoms with Crippen LogP contribution in [0.3, 0.4) is 0 Å². The smallest absolute Gasteiger partial charge is 0.319 e. The predicted octanol–water partition coefficient (Wildman–Crippen LogP) is 2.05. The first-order valence-corrected chi connectivity index (χ1v) is 8.64. The van der Waals surface area contributed by atoms with Crippen molar-refractivity contribution in [1.82, 2.24) is 5.32 Å². The molecular formula is C16H24Cl2N3O2+. The van der Waals surface area contributed by atoms with E-state index in [1.807, 2.05) is 0 Å². The van der Waals surface area contributed by atoms with Gasteiger partial charge in [-0.1, -0.05) is 37.0 Å². The van der Waals surface area contributed by atoms with Gasteiger partial charge >= 0.3 is 6.03 Å². The fourth-order valence-corrected chi connectivity index (χ4v) is 3.00. The molecule has 0 saturated carbocycles. The van der Waals surface area contributed by atoms with Gasteiger partial charge in [0.1, 0.15) is 19.2 Å². The van der Waals surface area contributed by atoms with Gasteiger partial charge in [-0.05, 0) is 18.2 Å². The van der Waals surface area contributed by atoms with Crippen LogP contribution >= 0.6 is 23.2 Å². The Kier molecular flexibility index (Phi) is 6.96. The van der Waals surface area contributed by atoms with Crippen molar-refractivity contribution >= 4 is 34.9 Å². The van der Waals surface area contributed by atoms with Gasteiger partial charge in [0.2, 0.25) is 0 Å². The summed E-state index contributed by atoms with van der Waals surface area (Å²) in [5.41, 5.74) is 0.605. The predicted molar refractivity (Wildman–Crippen MR) is 93.6 cm³/mol. The summed E-state index contributed by atoms with van der Waals surface area (Å²) in [5, 5.41) is 6.45. The second kappa shape index (κ2) is 8.73. The molecular weight excluding hydrogens is 337 g/mol. The largest absolute Gasteiger partial charge is 0.365 e. The maximum Gasteiger partial charge on any atom is 0.319 e. The van der Waals surface area contributed by atoms with Crippen LogP contribution in [0.4, 0.5) is 10.5 Å². The zero-order chi connectivity index (χ0) is 16.8. The number of carbonyl (C=O) groups excluding carboxylic acids is 1. The average Bonchev–Trinajstić information content (AvgIpc) is 2.49. The molecule has 1 fully saturated rings. The van der Waals surface area contributed by atoms with Crippen molar-refractivity contribution < 1.29 is 14.4 Å². The fourth-order valence-electron chi connectivity index (χ4n) is 2.70. The van der Waals surface area contributed by atoms with E-state index in [0.717, 1.165) is 26.2 Å². The van der Waals surface area contributed by atoms with Gasteiger partial charge in [-0.15, -0.1) is 0 Å². The highest BCUT2D eigenvalue weighted by atomic mass is 35.5. The molecule has 1 unspecified atom stereocenters. The highest BCUT2D eigenvalue weighted by Crippen LogP contribution is 2.24. The van der Waals surface area contributed by atoms with Crippen LogP contribution in [-0.4, -0.2) is 44.9 Å². The Balaban J connectivity index is 1.76. The van der Waals surface area contributed by atoms with Crippen molar-refractivity contribution in [2.45, 2.75) is 20.0 Å². The van der Waals surface area contributed by atoms with Crippen LogP contribution < -0.4 is 15.5 Å². The lowest BCUT2D eigenvalue weighted by atomic mass is 10.2. The first kappa shape index (κ1) is 18.3. The molecule has 0 aliphatic carbocycles. The monoisotopic (exact) mass is 360 g/mol. The third kappa shape index (κ3) is 6.18. The van der Waals surface area contributed by atoms with Crippen molar-refractivity contribution in [3.63, 3.8) is 0 Å². The first-order chi connectivity index (χ1) is 10.9. The summed E-state index contributed by atoms with van der Waals surface area (Å²) in [4.78, 5) is 13.5. The van der Waals surface area contributed by atoms with Crippen molar-refractivity contribution in [3.05, 3.63) is 28.2 Å². The lowest BCUT2D eigenvalue weighted by Crippen LogP contribution is -3.15. The van der Waals surface area contributed by atoms with Gasteiger partial charge in [0.05, 0.1) is 29.7 Å². The molecule has 1 heterocycles. The van der Waals surface area contributed by atoms with Crippen molar-refractivity contribution in [1.29, 1.82) is 0 Å². The Morgan fingerprint density at radius 2 is 2.17 bits per heavy atom. The Labute approximate surface area is 147 Å². The van der Waals surface area contributed by atoms with Crippen LogP contribution in [-0.2, 0) is 4.74 Å². The minimum absolute atomic E-state index is 0.0528. The lowest BCUT2D eigenvalue weighted by molar-refractivity contribution is -0.914. The van der Waals surface area contributed by atoms with E-state index in [0.29, 0.717) is 28.2 Å². The molecule has 3 N–H and O–H groups in total. The van der Waals surface area contributed by atoms with Crippen molar-refractivity contribution in [3.8, 4) is 0 Å². The molecule has 0 spiro atoms. The van der Waals surface area contributed by atoms with Crippen molar-refractivity contribution in [2.24, 2.45) is 5.92 Å². The Bertz CT molecular complexity index is 540. The molecule has 5 nitrogen and oxygen atoms in total. The number of carbonyl (C=O) groups is 1. The van der Waals surface area contributed by atoms with Crippen LogP contribution in [0.5, 0.6) is 0 Å². The van der Waals surface area contributed by atoms with E-state index in [9.17, 15) is 4.79 Å². The second-order valence-corrected chi connectivity index (χ2v) is 7.07. The summed E-state index contributed by atoms with van der Waals surface area (Å²) in [6.07, 6.45) is 0.0528. The van der Waals surface area contributed by atoms with Crippen LogP contribution in [0, 0.1) is 5.92 Å². The van der Waals surface area contributed by atoms with Crippen molar-refractivity contribution in [2.75, 3.05) is 38.1 Å². The zero-order valence-corrected chi connectivity index (χ0v) is 15.0. The number of hydrogen-bond donors (Lipinski definition) is 3. The quantitative estimate of drug-likeness (QED) is 0.752. The fraction of sp³-hybridized carbons (Fsp3) is 0.562. The molecule has 2 rings (SSSR count). The summed E-state index contributed by atoms with van der Waals surface area (Å²) in [5.74, 6) is 0.662. The van der Waals surface area contributed by atoms with E-state index in [1.165, 1.54) is 4.90 Å². The number of rotatable bonds is 5. The normalized spacial score (nSPS) is 21.3. The number of amides is 2. The molecule has 1 aliphatic rings. The van der Waals surface area contributed by atoms with Crippen LogP contribution in [0.2, 0.25) is 10.0 Å². The number of morpholine rings is 1. The molecule has 2 atom stereocenters. The average molecular weight is 361 g/mol. The van der Waals surface area contributed by atoms with Gasteiger partial charge in [0.25, 0.3) is 0 Å². The Morgan fingerprint density at radius 3 is 2.87 bits per heavy atom. The van der Waals surface area contributed by atoms with E-state index < -0.39 is 0 Å². The maximum atomic E-state index is 11.9. The lowest BCUT2D eigenvalue weighted by Gasteiger charge is -2.31. The molecule has 1 aromatic rings. The third-order valence-corrected chi connectivity index (χ3v) is 4.43. The minimum Gasteiger partial charge on any atom is -0.365 e. The molecule has 2 amide bonds. The van der Waals surface area contributed by atoms with E-state index >= 15 is 0 Å². The first-order valence-electron chi connectivity index (χ1n) is 7.89. The van der Waals surface area contributed by atoms with E-state index in [2.05, 4.69) is 24.5 Å². The number of hydrogen-bond acceptors (Lipinski definition) is 2. The van der Waals surface area contributed by atoms with Crippen LogP contribution in [0.15, 0.2) is 18.2 Å². The second-order valence-electron chi connectivity index (χ2n) is 6.26. The topological polar surface area (TPSA) is 54.8 Å². The number of ether oxygens (including phenoxy) is 1. The Morgan fingerprint density at radius 1 is 1.39 bits per heavy atom. The standard InChI is InChI=1S/C16H23Cl2N3O2/c1-11(2)9-21-5-6-23-13(10-21)8-19-16(22)20-12-3-4-14(17)15(18)7-12/h3-4,7,11,13H,5-6,8-10H2,1-2H3,(H2,19,20,22)/p+1/t13-/m1/s1. The highest BCUT2D eigenvalue weighted by Gasteiger charge is 2.24. The number of anilines is 1. The van der Waals surface area contributed by atoms with Crippen LogP contribution in [0.1, 0.15) is 13.8 Å². The van der Waals surface area contributed by atoms with Gasteiger partial charge in [-0.25, -0.2) is 4.79 Å². The van der Waals surface area contributed by atoms with Gasteiger partial charge < -0.3 is 20.3 Å². The number of benzene rings is 1. The number of quaternary nitrogens is 1. The van der Waals surface area contributed by atoms with E-state index in [4.69, 9.17) is 27.9 Å². The van der Waals surface area contributed by atoms with Gasteiger partial charge in [-0.2, -0.15) is 0 Å². The maximum absolute atomic E-state index is 11.9. The molecule has 0 bridgehead atoms. The van der Waals surface area contributed by atoms with Crippen LogP contribution in [0.25, 0.3) is 0 Å². The molecule has 0 aromatic heterocycles. The van der Waals surface area contributed by atoms with E-state index in [1.54, 1.807) is 18.2 Å². The molecule has 128 valence electrons. The third-order valence-electron chi connectivity index (χ3n) is 3.69. The highest BCUT2D eigenvalue weighted by molar-refractivity contribution is 6.42. The SMILES string of the molecule is CC(C)C[NH+]1CCO[C@H](CNC(=O)Nc2ccc(Cl)c(Cl)c2)C1. The molecule has 0 radical (unpaired) electrons.